The third-order valence-corrected chi connectivity index (χ3v) is 6.89. The number of aromatic nitrogens is 4. The van der Waals surface area contributed by atoms with Gasteiger partial charge in [-0.25, -0.2) is 8.42 Å². The summed E-state index contributed by atoms with van der Waals surface area (Å²) in [6.07, 6.45) is 3.17. The number of hydrogen-bond donors (Lipinski definition) is 0. The fourth-order valence-corrected chi connectivity index (χ4v) is 4.86. The molecule has 1 fully saturated rings. The molecule has 0 N–H and O–H groups in total. The van der Waals surface area contributed by atoms with E-state index in [0.717, 1.165) is 0 Å². The summed E-state index contributed by atoms with van der Waals surface area (Å²) in [6.45, 7) is 7.72. The number of carbonyl (C=O) groups is 1. The lowest BCUT2D eigenvalue weighted by atomic mass is 10.3. The second-order valence-corrected chi connectivity index (χ2v) is 8.63. The van der Waals surface area contributed by atoms with Gasteiger partial charge in [0.2, 0.25) is 10.0 Å². The molecule has 1 saturated heterocycles. The smallest absolute Gasteiger partial charge is 0.276 e. The normalized spacial score (nSPS) is 16.1. The van der Waals surface area contributed by atoms with Crippen LogP contribution in [-0.4, -0.2) is 69.3 Å². The summed E-state index contributed by atoms with van der Waals surface area (Å²) in [5, 5.41) is 8.71. The van der Waals surface area contributed by atoms with Gasteiger partial charge in [0.1, 0.15) is 4.90 Å². The summed E-state index contributed by atoms with van der Waals surface area (Å²) in [5.41, 5.74) is 0.683. The third kappa shape index (κ3) is 3.74. The summed E-state index contributed by atoms with van der Waals surface area (Å²) in [7, 11) is -3.64. The first kappa shape index (κ1) is 19.8. The van der Waals surface area contributed by atoms with Crippen LogP contribution in [0.5, 0.6) is 0 Å². The summed E-state index contributed by atoms with van der Waals surface area (Å²) in [4.78, 5) is 14.5. The molecule has 2 aromatic rings. The van der Waals surface area contributed by atoms with E-state index in [1.54, 1.807) is 33.6 Å². The Bertz CT molecular complexity index is 944. The van der Waals surface area contributed by atoms with Crippen LogP contribution in [0.1, 0.15) is 30.0 Å². The SMILES string of the molecule is CCn1cc(S(=O)(=O)N2CCN(C(=O)c3nn(CC)cc3Cl)CC2)c(C)n1. The van der Waals surface area contributed by atoms with E-state index in [1.165, 1.54) is 4.31 Å². The standard InChI is InChI=1S/C16H23ClN6O3S/c1-4-21-10-13(17)15(19-21)16(24)20-6-8-23(9-7-20)27(25,26)14-11-22(5-2)18-12(14)3/h10-11H,4-9H2,1-3H3. The van der Waals surface area contributed by atoms with Crippen molar-refractivity contribution >= 4 is 27.5 Å². The average molecular weight is 415 g/mol. The number of carbonyl (C=O) groups excluding carboxylic acids is 1. The Labute approximate surface area is 163 Å². The minimum Gasteiger partial charge on any atom is -0.335 e. The molecule has 0 saturated carbocycles. The van der Waals surface area contributed by atoms with Gasteiger partial charge in [0.25, 0.3) is 5.91 Å². The van der Waals surface area contributed by atoms with Crippen molar-refractivity contribution < 1.29 is 13.2 Å². The van der Waals surface area contributed by atoms with Crippen molar-refractivity contribution in [2.24, 2.45) is 0 Å². The van der Waals surface area contributed by atoms with Gasteiger partial charge in [0.15, 0.2) is 5.69 Å². The van der Waals surface area contributed by atoms with Crippen molar-refractivity contribution in [1.29, 1.82) is 0 Å². The monoisotopic (exact) mass is 414 g/mol. The molecule has 0 aromatic carbocycles. The first-order chi connectivity index (χ1) is 12.8. The van der Waals surface area contributed by atoms with Gasteiger partial charge >= 0.3 is 0 Å². The molecular formula is C16H23ClN6O3S. The molecule has 0 bridgehead atoms. The molecule has 2 aromatic heterocycles. The minimum atomic E-state index is -3.64. The fourth-order valence-electron chi connectivity index (χ4n) is 3.04. The fraction of sp³-hybridized carbons (Fsp3) is 0.562. The molecule has 1 amide bonds. The van der Waals surface area contributed by atoms with E-state index < -0.39 is 10.0 Å². The number of rotatable bonds is 5. The van der Waals surface area contributed by atoms with E-state index >= 15 is 0 Å². The zero-order valence-corrected chi connectivity index (χ0v) is 17.2. The van der Waals surface area contributed by atoms with Crippen LogP contribution >= 0.6 is 11.6 Å². The number of sulfonamides is 1. The van der Waals surface area contributed by atoms with Gasteiger partial charge in [0, 0.05) is 51.7 Å². The summed E-state index contributed by atoms with van der Waals surface area (Å²) < 4.78 is 30.4. The lowest BCUT2D eigenvalue weighted by Gasteiger charge is -2.33. The van der Waals surface area contributed by atoms with Crippen LogP contribution in [0.2, 0.25) is 5.02 Å². The van der Waals surface area contributed by atoms with E-state index in [1.807, 2.05) is 13.8 Å². The molecule has 0 radical (unpaired) electrons. The van der Waals surface area contributed by atoms with Gasteiger partial charge < -0.3 is 4.90 Å². The van der Waals surface area contributed by atoms with Gasteiger partial charge in [-0.05, 0) is 20.8 Å². The summed E-state index contributed by atoms with van der Waals surface area (Å²) in [5.74, 6) is -0.278. The highest BCUT2D eigenvalue weighted by Crippen LogP contribution is 2.22. The summed E-state index contributed by atoms with van der Waals surface area (Å²) >= 11 is 6.11. The maximum Gasteiger partial charge on any atom is 0.276 e. The van der Waals surface area contributed by atoms with Crippen molar-refractivity contribution in [1.82, 2.24) is 28.8 Å². The molecule has 0 unspecified atom stereocenters. The number of halogens is 1. The van der Waals surface area contributed by atoms with Crippen LogP contribution in [-0.2, 0) is 23.1 Å². The Morgan fingerprint density at radius 3 is 2.19 bits per heavy atom. The highest BCUT2D eigenvalue weighted by molar-refractivity contribution is 7.89. The first-order valence-electron chi connectivity index (χ1n) is 8.84. The summed E-state index contributed by atoms with van der Waals surface area (Å²) in [6, 6.07) is 0. The predicted octanol–water partition coefficient (Wildman–Crippen LogP) is 1.23. The molecule has 3 heterocycles. The Balaban J connectivity index is 1.71. The Kier molecular flexibility index (Phi) is 5.59. The second kappa shape index (κ2) is 7.61. The number of piperazine rings is 1. The maximum atomic E-state index is 12.9. The average Bonchev–Trinajstić information content (AvgIpc) is 3.23. The zero-order chi connectivity index (χ0) is 19.8. The van der Waals surface area contributed by atoms with Gasteiger partial charge in [0.05, 0.1) is 10.7 Å². The third-order valence-electron chi connectivity index (χ3n) is 4.61. The van der Waals surface area contributed by atoms with Crippen molar-refractivity contribution in [3.05, 3.63) is 28.8 Å². The first-order valence-corrected chi connectivity index (χ1v) is 10.7. The van der Waals surface area contributed by atoms with E-state index in [9.17, 15) is 13.2 Å². The quantitative estimate of drug-likeness (QED) is 0.733. The Morgan fingerprint density at radius 2 is 1.67 bits per heavy atom. The molecule has 1 aliphatic rings. The molecule has 148 valence electrons. The van der Waals surface area contributed by atoms with Gasteiger partial charge in [-0.1, -0.05) is 11.6 Å². The van der Waals surface area contributed by atoms with Crippen molar-refractivity contribution in [3.63, 3.8) is 0 Å². The van der Waals surface area contributed by atoms with Gasteiger partial charge in [-0.3, -0.25) is 14.2 Å². The molecular weight excluding hydrogens is 392 g/mol. The Hall–Kier alpha value is -1.91. The Morgan fingerprint density at radius 1 is 1.07 bits per heavy atom. The lowest BCUT2D eigenvalue weighted by molar-refractivity contribution is 0.0691. The number of hydrogen-bond acceptors (Lipinski definition) is 5. The molecule has 11 heteroatoms. The van der Waals surface area contributed by atoms with Crippen LogP contribution in [0.3, 0.4) is 0 Å². The van der Waals surface area contributed by atoms with Crippen LogP contribution in [0.4, 0.5) is 0 Å². The van der Waals surface area contributed by atoms with Gasteiger partial charge in [-0.2, -0.15) is 14.5 Å². The van der Waals surface area contributed by atoms with E-state index in [0.29, 0.717) is 23.8 Å². The zero-order valence-electron chi connectivity index (χ0n) is 15.6. The molecule has 0 spiro atoms. The molecule has 27 heavy (non-hydrogen) atoms. The number of nitrogens with zero attached hydrogens (tertiary/aromatic N) is 6. The highest BCUT2D eigenvalue weighted by Gasteiger charge is 2.33. The molecule has 0 aliphatic carbocycles. The van der Waals surface area contributed by atoms with E-state index in [2.05, 4.69) is 10.2 Å². The number of aryl methyl sites for hydroxylation is 3. The van der Waals surface area contributed by atoms with Crippen LogP contribution in [0.25, 0.3) is 0 Å². The molecule has 3 rings (SSSR count). The topological polar surface area (TPSA) is 93.3 Å². The van der Waals surface area contributed by atoms with Crippen molar-refractivity contribution in [2.75, 3.05) is 26.2 Å². The molecule has 1 aliphatic heterocycles. The van der Waals surface area contributed by atoms with Crippen molar-refractivity contribution in [2.45, 2.75) is 38.8 Å². The number of amides is 1. The van der Waals surface area contributed by atoms with E-state index in [4.69, 9.17) is 11.6 Å². The highest BCUT2D eigenvalue weighted by atomic mass is 35.5. The van der Waals surface area contributed by atoms with Crippen LogP contribution in [0.15, 0.2) is 17.3 Å². The largest absolute Gasteiger partial charge is 0.335 e. The predicted molar refractivity (Wildman–Crippen MR) is 100 cm³/mol. The van der Waals surface area contributed by atoms with Crippen molar-refractivity contribution in [3.8, 4) is 0 Å². The maximum absolute atomic E-state index is 12.9. The van der Waals surface area contributed by atoms with E-state index in [-0.39, 0.29) is 42.7 Å². The minimum absolute atomic E-state index is 0.204. The second-order valence-electron chi connectivity index (χ2n) is 6.31. The molecule has 9 nitrogen and oxygen atoms in total. The lowest BCUT2D eigenvalue weighted by Crippen LogP contribution is -2.50. The van der Waals surface area contributed by atoms with Crippen LogP contribution < -0.4 is 0 Å². The van der Waals surface area contributed by atoms with Crippen LogP contribution in [0, 0.1) is 6.92 Å². The van der Waals surface area contributed by atoms with Gasteiger partial charge in [-0.15, -0.1) is 0 Å². The molecule has 0 atom stereocenters.